The maximum atomic E-state index is 11.9. The highest BCUT2D eigenvalue weighted by molar-refractivity contribution is 5.95. The lowest BCUT2D eigenvalue weighted by Crippen LogP contribution is -2.17. The van der Waals surface area contributed by atoms with E-state index in [1.807, 2.05) is 53.2 Å². The van der Waals surface area contributed by atoms with Gasteiger partial charge in [-0.25, -0.2) is 5.43 Å². The Morgan fingerprint density at radius 1 is 1.04 bits per heavy atom. The summed E-state index contributed by atoms with van der Waals surface area (Å²) in [6, 6.07) is 19.8. The summed E-state index contributed by atoms with van der Waals surface area (Å²) in [5.41, 5.74) is 4.65. The first-order valence-electron chi connectivity index (χ1n) is 7.09. The normalized spacial score (nSPS) is 10.8. The predicted octanol–water partition coefficient (Wildman–Crippen LogP) is 2.95. The molecule has 5 nitrogen and oxygen atoms in total. The Bertz CT molecular complexity index is 838. The molecule has 1 amide bonds. The maximum absolute atomic E-state index is 11.9. The molecule has 5 heteroatoms. The molecule has 0 spiro atoms. The van der Waals surface area contributed by atoms with E-state index >= 15 is 0 Å². The Balaban J connectivity index is 1.72. The lowest BCUT2D eigenvalue weighted by molar-refractivity contribution is 0.0954. The molecule has 0 atom stereocenters. The van der Waals surface area contributed by atoms with Crippen molar-refractivity contribution in [2.24, 2.45) is 5.10 Å². The van der Waals surface area contributed by atoms with Crippen molar-refractivity contribution in [2.75, 3.05) is 0 Å². The average molecular weight is 305 g/mol. The van der Waals surface area contributed by atoms with E-state index in [9.17, 15) is 9.90 Å². The van der Waals surface area contributed by atoms with Gasteiger partial charge in [0, 0.05) is 17.4 Å². The summed E-state index contributed by atoms with van der Waals surface area (Å²) in [6.07, 6.45) is 3.50. The molecule has 3 rings (SSSR count). The molecule has 0 radical (unpaired) electrons. The summed E-state index contributed by atoms with van der Waals surface area (Å²) >= 11 is 0. The van der Waals surface area contributed by atoms with Crippen LogP contribution in [0.3, 0.4) is 0 Å². The van der Waals surface area contributed by atoms with Gasteiger partial charge in [-0.2, -0.15) is 5.10 Å². The van der Waals surface area contributed by atoms with Gasteiger partial charge in [0.1, 0.15) is 5.75 Å². The number of para-hydroxylation sites is 1. The molecule has 1 heterocycles. The summed E-state index contributed by atoms with van der Waals surface area (Å²) in [5.74, 6) is -0.338. The molecule has 0 fully saturated rings. The molecule has 1 aromatic heterocycles. The Hall–Kier alpha value is -3.34. The fraction of sp³-hybridized carbons (Fsp3) is 0. The van der Waals surface area contributed by atoms with Gasteiger partial charge in [0.25, 0.3) is 5.91 Å². The third-order valence-corrected chi connectivity index (χ3v) is 3.29. The molecule has 114 valence electrons. The van der Waals surface area contributed by atoms with Crippen LogP contribution in [0, 0.1) is 0 Å². The van der Waals surface area contributed by atoms with Crippen LogP contribution in [0.2, 0.25) is 0 Å². The van der Waals surface area contributed by atoms with E-state index < -0.39 is 0 Å². The summed E-state index contributed by atoms with van der Waals surface area (Å²) < 4.78 is 1.96. The van der Waals surface area contributed by atoms with Crippen molar-refractivity contribution >= 4 is 12.1 Å². The third-order valence-electron chi connectivity index (χ3n) is 3.29. The second kappa shape index (κ2) is 6.62. The number of hydrogen-bond acceptors (Lipinski definition) is 3. The second-order valence-electron chi connectivity index (χ2n) is 4.89. The number of carbonyl (C=O) groups excluding carboxylic acids is 1. The first kappa shape index (κ1) is 14.6. The van der Waals surface area contributed by atoms with Gasteiger partial charge < -0.3 is 9.67 Å². The summed E-state index contributed by atoms with van der Waals surface area (Å²) in [6.45, 7) is 0. The van der Waals surface area contributed by atoms with Crippen molar-refractivity contribution in [2.45, 2.75) is 0 Å². The first-order chi connectivity index (χ1) is 11.2. The molecule has 0 saturated heterocycles. The van der Waals surface area contributed by atoms with E-state index in [1.54, 1.807) is 18.3 Å². The summed E-state index contributed by atoms with van der Waals surface area (Å²) in [4.78, 5) is 11.9. The van der Waals surface area contributed by atoms with E-state index in [0.29, 0.717) is 5.56 Å². The van der Waals surface area contributed by atoms with Crippen LogP contribution in [0.25, 0.3) is 5.69 Å². The number of hydrogen-bond donors (Lipinski definition) is 2. The molecule has 3 aromatic rings. The molecule has 2 aromatic carbocycles. The molecule has 0 aliphatic carbocycles. The highest BCUT2D eigenvalue weighted by atomic mass is 16.3. The number of hydrazone groups is 1. The number of aromatic nitrogens is 1. The topological polar surface area (TPSA) is 66.6 Å². The first-order valence-corrected chi connectivity index (χ1v) is 7.09. The minimum Gasteiger partial charge on any atom is -0.508 e. The number of benzene rings is 2. The van der Waals surface area contributed by atoms with E-state index in [-0.39, 0.29) is 11.7 Å². The Labute approximate surface area is 133 Å². The van der Waals surface area contributed by atoms with Crippen LogP contribution >= 0.6 is 0 Å². The third kappa shape index (κ3) is 3.47. The Morgan fingerprint density at radius 3 is 2.65 bits per heavy atom. The molecule has 2 N–H and O–H groups in total. The highest BCUT2D eigenvalue weighted by Gasteiger charge is 2.05. The quantitative estimate of drug-likeness (QED) is 0.575. The van der Waals surface area contributed by atoms with Crippen LogP contribution in [0.4, 0.5) is 0 Å². The molecular formula is C18H15N3O2. The smallest absolute Gasteiger partial charge is 0.271 e. The van der Waals surface area contributed by atoms with Gasteiger partial charge >= 0.3 is 0 Å². The number of phenolic OH excluding ortho intramolecular Hbond substituents is 1. The molecule has 0 bridgehead atoms. The van der Waals surface area contributed by atoms with Gasteiger partial charge in [0.2, 0.25) is 0 Å². The lowest BCUT2D eigenvalue weighted by Gasteiger charge is -2.05. The highest BCUT2D eigenvalue weighted by Crippen LogP contribution is 2.11. The van der Waals surface area contributed by atoms with Crippen LogP contribution in [0.1, 0.15) is 16.1 Å². The zero-order valence-electron chi connectivity index (χ0n) is 12.3. The summed E-state index contributed by atoms with van der Waals surface area (Å²) in [5, 5.41) is 13.4. The van der Waals surface area contributed by atoms with Crippen LogP contribution < -0.4 is 5.43 Å². The minimum absolute atomic E-state index is 0.0413. The molecule has 0 aliphatic heterocycles. The zero-order valence-corrected chi connectivity index (χ0v) is 12.3. The van der Waals surface area contributed by atoms with Gasteiger partial charge in [0.05, 0.1) is 11.9 Å². The van der Waals surface area contributed by atoms with E-state index in [0.717, 1.165) is 11.4 Å². The van der Waals surface area contributed by atoms with E-state index in [1.165, 1.54) is 12.1 Å². The number of nitrogens with one attached hydrogen (secondary N) is 1. The standard InChI is InChI=1S/C18H15N3O2/c22-17-10-4-6-14(12-17)18(23)20-19-13-16-9-5-11-21(16)15-7-2-1-3-8-15/h1-13,22H,(H,20,23)/b19-13+. The van der Waals surface area contributed by atoms with Crippen molar-refractivity contribution < 1.29 is 9.90 Å². The summed E-state index contributed by atoms with van der Waals surface area (Å²) in [7, 11) is 0. The number of aromatic hydroxyl groups is 1. The van der Waals surface area contributed by atoms with E-state index in [2.05, 4.69) is 10.5 Å². The molecule has 23 heavy (non-hydrogen) atoms. The number of nitrogens with zero attached hydrogens (tertiary/aromatic N) is 2. The number of phenols is 1. The molecule has 0 saturated carbocycles. The molecule has 0 unspecified atom stereocenters. The SMILES string of the molecule is O=C(N/N=C/c1cccn1-c1ccccc1)c1cccc(O)c1. The van der Waals surface area contributed by atoms with Crippen molar-refractivity contribution in [1.29, 1.82) is 0 Å². The fourth-order valence-electron chi connectivity index (χ4n) is 2.19. The largest absolute Gasteiger partial charge is 0.508 e. The van der Waals surface area contributed by atoms with Crippen LogP contribution in [-0.2, 0) is 0 Å². The molecule has 0 aliphatic rings. The van der Waals surface area contributed by atoms with Crippen LogP contribution in [-0.4, -0.2) is 21.8 Å². The van der Waals surface area contributed by atoms with Crippen molar-refractivity contribution in [3.8, 4) is 11.4 Å². The lowest BCUT2D eigenvalue weighted by atomic mass is 10.2. The fourth-order valence-corrected chi connectivity index (χ4v) is 2.19. The maximum Gasteiger partial charge on any atom is 0.271 e. The predicted molar refractivity (Wildman–Crippen MR) is 88.9 cm³/mol. The van der Waals surface area contributed by atoms with Gasteiger partial charge in [-0.1, -0.05) is 24.3 Å². The monoisotopic (exact) mass is 305 g/mol. The van der Waals surface area contributed by atoms with Crippen LogP contribution in [0.15, 0.2) is 78.0 Å². The number of carbonyl (C=O) groups is 1. The van der Waals surface area contributed by atoms with E-state index in [4.69, 9.17) is 0 Å². The van der Waals surface area contributed by atoms with Gasteiger partial charge in [-0.15, -0.1) is 0 Å². The number of rotatable bonds is 4. The Morgan fingerprint density at radius 2 is 1.87 bits per heavy atom. The van der Waals surface area contributed by atoms with Gasteiger partial charge in [0.15, 0.2) is 0 Å². The number of amides is 1. The van der Waals surface area contributed by atoms with Crippen molar-refractivity contribution in [3.63, 3.8) is 0 Å². The Kier molecular flexibility index (Phi) is 4.20. The van der Waals surface area contributed by atoms with Crippen molar-refractivity contribution in [3.05, 3.63) is 84.2 Å². The zero-order chi connectivity index (χ0) is 16.1. The average Bonchev–Trinajstić information content (AvgIpc) is 3.04. The minimum atomic E-state index is -0.380. The second-order valence-corrected chi connectivity index (χ2v) is 4.89. The van der Waals surface area contributed by atoms with Crippen molar-refractivity contribution in [1.82, 2.24) is 9.99 Å². The van der Waals surface area contributed by atoms with Gasteiger partial charge in [-0.3, -0.25) is 4.79 Å². The van der Waals surface area contributed by atoms with Gasteiger partial charge in [-0.05, 0) is 42.5 Å². The molecular weight excluding hydrogens is 290 g/mol. The van der Waals surface area contributed by atoms with Crippen LogP contribution in [0.5, 0.6) is 5.75 Å².